The van der Waals surface area contributed by atoms with E-state index in [0.717, 1.165) is 30.5 Å². The van der Waals surface area contributed by atoms with Crippen LogP contribution in [0.1, 0.15) is 37.7 Å². The van der Waals surface area contributed by atoms with Crippen LogP contribution in [0.4, 0.5) is 5.69 Å². The number of anilines is 1. The van der Waals surface area contributed by atoms with Gasteiger partial charge in [0.15, 0.2) is 0 Å². The first kappa shape index (κ1) is 14.6. The highest BCUT2D eigenvalue weighted by atomic mass is 16.2. The number of nitrogens with zero attached hydrogens (tertiary/aromatic N) is 1. The molecule has 1 aromatic carbocycles. The van der Waals surface area contributed by atoms with Gasteiger partial charge in [0.05, 0.1) is 0 Å². The zero-order valence-electron chi connectivity index (χ0n) is 12.1. The lowest BCUT2D eigenvalue weighted by molar-refractivity contribution is -0.132. The smallest absolute Gasteiger partial charge is 0.223 e. The summed E-state index contributed by atoms with van der Waals surface area (Å²) in [5.74, 6) is 0.244. The predicted octanol–water partition coefficient (Wildman–Crippen LogP) is 3.16. The van der Waals surface area contributed by atoms with E-state index in [4.69, 9.17) is 5.73 Å². The van der Waals surface area contributed by atoms with Crippen LogP contribution >= 0.6 is 0 Å². The molecule has 3 heteroatoms. The lowest BCUT2D eigenvalue weighted by Gasteiger charge is -2.28. The van der Waals surface area contributed by atoms with Gasteiger partial charge in [-0.2, -0.15) is 0 Å². The Kier molecular flexibility index (Phi) is 5.22. The van der Waals surface area contributed by atoms with Crippen molar-refractivity contribution in [2.75, 3.05) is 12.3 Å². The van der Waals surface area contributed by atoms with Gasteiger partial charge in [0, 0.05) is 24.7 Å². The lowest BCUT2D eigenvalue weighted by atomic mass is 10.1. The molecule has 0 heterocycles. The van der Waals surface area contributed by atoms with Gasteiger partial charge in [-0.05, 0) is 37.0 Å². The second-order valence-electron chi connectivity index (χ2n) is 5.51. The van der Waals surface area contributed by atoms with Gasteiger partial charge in [-0.3, -0.25) is 4.79 Å². The van der Waals surface area contributed by atoms with Gasteiger partial charge in [-0.25, -0.2) is 0 Å². The minimum Gasteiger partial charge on any atom is -0.399 e. The Morgan fingerprint density at radius 2 is 1.95 bits per heavy atom. The Labute approximate surface area is 121 Å². The molecule has 2 N–H and O–H groups in total. The van der Waals surface area contributed by atoms with Crippen LogP contribution in [0, 0.1) is 0 Å². The molecule has 108 valence electrons. The van der Waals surface area contributed by atoms with E-state index in [-0.39, 0.29) is 5.91 Å². The summed E-state index contributed by atoms with van der Waals surface area (Å²) < 4.78 is 0. The highest BCUT2D eigenvalue weighted by molar-refractivity contribution is 5.77. The summed E-state index contributed by atoms with van der Waals surface area (Å²) in [6.07, 6.45) is 7.93. The number of aryl methyl sites for hydroxylation is 1. The molecule has 0 atom stereocenters. The molecule has 0 bridgehead atoms. The molecular formula is C17H24N2O. The predicted molar refractivity (Wildman–Crippen MR) is 83.3 cm³/mol. The fraction of sp³-hybridized carbons (Fsp3) is 0.471. The zero-order chi connectivity index (χ0) is 14.4. The molecule has 1 amide bonds. The van der Waals surface area contributed by atoms with Crippen molar-refractivity contribution in [2.24, 2.45) is 0 Å². The quantitative estimate of drug-likeness (QED) is 0.638. The van der Waals surface area contributed by atoms with E-state index in [1.807, 2.05) is 35.2 Å². The van der Waals surface area contributed by atoms with E-state index in [1.54, 1.807) is 0 Å². The lowest BCUT2D eigenvalue weighted by Crippen LogP contribution is -2.39. The third kappa shape index (κ3) is 3.86. The number of hydrogen-bond acceptors (Lipinski definition) is 2. The summed E-state index contributed by atoms with van der Waals surface area (Å²) in [4.78, 5) is 14.4. The molecule has 0 unspecified atom stereocenters. The normalized spacial score (nSPS) is 15.2. The maximum Gasteiger partial charge on any atom is 0.223 e. The summed E-state index contributed by atoms with van der Waals surface area (Å²) in [7, 11) is 0. The summed E-state index contributed by atoms with van der Waals surface area (Å²) in [6.45, 7) is 4.45. The molecule has 3 nitrogen and oxygen atoms in total. The minimum absolute atomic E-state index is 0.244. The molecular weight excluding hydrogens is 248 g/mol. The largest absolute Gasteiger partial charge is 0.399 e. The third-order valence-electron chi connectivity index (χ3n) is 4.02. The Morgan fingerprint density at radius 3 is 2.55 bits per heavy atom. The summed E-state index contributed by atoms with van der Waals surface area (Å²) in [5.41, 5.74) is 7.59. The van der Waals surface area contributed by atoms with Crippen molar-refractivity contribution in [3.8, 4) is 0 Å². The van der Waals surface area contributed by atoms with Crippen LogP contribution in [0.5, 0.6) is 0 Å². The van der Waals surface area contributed by atoms with E-state index < -0.39 is 0 Å². The molecule has 2 rings (SSSR count). The first-order valence-electron chi connectivity index (χ1n) is 7.45. The van der Waals surface area contributed by atoms with Crippen LogP contribution in [0.15, 0.2) is 36.9 Å². The zero-order valence-corrected chi connectivity index (χ0v) is 12.1. The number of nitrogens with two attached hydrogens (primary N) is 1. The van der Waals surface area contributed by atoms with Crippen LogP contribution in [0.3, 0.4) is 0 Å². The number of amides is 1. The van der Waals surface area contributed by atoms with Crippen LogP contribution in [0.25, 0.3) is 0 Å². The van der Waals surface area contributed by atoms with Crippen molar-refractivity contribution in [3.63, 3.8) is 0 Å². The van der Waals surface area contributed by atoms with E-state index in [1.165, 1.54) is 12.8 Å². The number of rotatable bonds is 6. The minimum atomic E-state index is 0.244. The third-order valence-corrected chi connectivity index (χ3v) is 4.02. The number of carbonyl (C=O) groups excluding carboxylic acids is 1. The van der Waals surface area contributed by atoms with Crippen molar-refractivity contribution in [1.29, 1.82) is 0 Å². The average molecular weight is 272 g/mol. The molecule has 1 saturated carbocycles. The topological polar surface area (TPSA) is 46.3 Å². The van der Waals surface area contributed by atoms with Crippen LogP contribution in [0.2, 0.25) is 0 Å². The second kappa shape index (κ2) is 7.13. The maximum absolute atomic E-state index is 12.4. The van der Waals surface area contributed by atoms with Crippen molar-refractivity contribution >= 4 is 11.6 Å². The van der Waals surface area contributed by atoms with Gasteiger partial charge in [0.25, 0.3) is 0 Å². The van der Waals surface area contributed by atoms with Gasteiger partial charge < -0.3 is 10.6 Å². The molecule has 0 spiro atoms. The van der Waals surface area contributed by atoms with Crippen molar-refractivity contribution in [1.82, 2.24) is 4.90 Å². The fourth-order valence-corrected chi connectivity index (χ4v) is 2.89. The molecule has 1 aromatic rings. The first-order valence-corrected chi connectivity index (χ1v) is 7.45. The monoisotopic (exact) mass is 272 g/mol. The van der Waals surface area contributed by atoms with Crippen LogP contribution < -0.4 is 5.73 Å². The number of nitrogen functional groups attached to an aromatic ring is 1. The van der Waals surface area contributed by atoms with Crippen LogP contribution in [-0.4, -0.2) is 23.4 Å². The Morgan fingerprint density at radius 1 is 1.30 bits per heavy atom. The molecule has 20 heavy (non-hydrogen) atoms. The molecule has 1 aliphatic rings. The highest BCUT2D eigenvalue weighted by Crippen LogP contribution is 2.24. The van der Waals surface area contributed by atoms with Crippen molar-refractivity contribution in [2.45, 2.75) is 44.6 Å². The Hall–Kier alpha value is -1.77. The fourth-order valence-electron chi connectivity index (χ4n) is 2.89. The summed E-state index contributed by atoms with van der Waals surface area (Å²) in [6, 6.07) is 8.19. The Bertz CT molecular complexity index is 447. The average Bonchev–Trinajstić information content (AvgIpc) is 2.97. The Balaban J connectivity index is 1.90. The number of carbonyl (C=O) groups is 1. The van der Waals surface area contributed by atoms with Crippen molar-refractivity contribution < 1.29 is 4.79 Å². The van der Waals surface area contributed by atoms with Gasteiger partial charge in [0.1, 0.15) is 0 Å². The van der Waals surface area contributed by atoms with E-state index >= 15 is 0 Å². The maximum atomic E-state index is 12.4. The van der Waals surface area contributed by atoms with E-state index in [0.29, 0.717) is 19.0 Å². The molecule has 0 radical (unpaired) electrons. The van der Waals surface area contributed by atoms with E-state index in [2.05, 4.69) is 6.58 Å². The van der Waals surface area contributed by atoms with Gasteiger partial charge >= 0.3 is 0 Å². The van der Waals surface area contributed by atoms with E-state index in [9.17, 15) is 4.79 Å². The summed E-state index contributed by atoms with van der Waals surface area (Å²) in [5, 5.41) is 0. The second-order valence-corrected chi connectivity index (χ2v) is 5.51. The molecule has 0 aromatic heterocycles. The van der Waals surface area contributed by atoms with Gasteiger partial charge in [0.2, 0.25) is 5.91 Å². The van der Waals surface area contributed by atoms with Crippen LogP contribution in [-0.2, 0) is 11.2 Å². The summed E-state index contributed by atoms with van der Waals surface area (Å²) >= 11 is 0. The number of hydrogen-bond donors (Lipinski definition) is 1. The molecule has 0 aliphatic heterocycles. The van der Waals surface area contributed by atoms with Gasteiger partial charge in [-0.1, -0.05) is 31.1 Å². The molecule has 1 fully saturated rings. The van der Waals surface area contributed by atoms with Gasteiger partial charge in [-0.15, -0.1) is 6.58 Å². The standard InChI is InChI=1S/C17H24N2O/c1-2-13-19(16-5-3-4-6-16)17(20)12-9-14-7-10-15(18)11-8-14/h2,7-8,10-11,16H,1,3-6,9,12-13,18H2. The van der Waals surface area contributed by atoms with Crippen molar-refractivity contribution in [3.05, 3.63) is 42.5 Å². The first-order chi connectivity index (χ1) is 9.70. The SMILES string of the molecule is C=CCN(C(=O)CCc1ccc(N)cc1)C1CCCC1. The number of benzene rings is 1. The molecule has 1 aliphatic carbocycles. The molecule has 0 saturated heterocycles. The highest BCUT2D eigenvalue weighted by Gasteiger charge is 2.25.